The van der Waals surface area contributed by atoms with Gasteiger partial charge in [-0.25, -0.2) is 4.79 Å². The average molecular weight is 613 g/mol. The van der Waals surface area contributed by atoms with Crippen molar-refractivity contribution in [1.29, 1.82) is 0 Å². The Morgan fingerprint density at radius 2 is 1.52 bits per heavy atom. The molecule has 0 aliphatic carbocycles. The number of phenolic OH excluding ortho intramolecular Hbond substituents is 1. The van der Waals surface area contributed by atoms with Crippen molar-refractivity contribution in [3.05, 3.63) is 81.7 Å². The number of aryl methyl sites for hydroxylation is 1. The van der Waals surface area contributed by atoms with Gasteiger partial charge in [-0.15, -0.1) is 0 Å². The van der Waals surface area contributed by atoms with E-state index in [2.05, 4.69) is 31.7 Å². The number of carbonyl (C=O) groups is 2. The van der Waals surface area contributed by atoms with Crippen molar-refractivity contribution in [2.75, 3.05) is 6.61 Å². The van der Waals surface area contributed by atoms with Crippen molar-refractivity contribution in [1.82, 2.24) is 9.13 Å². The van der Waals surface area contributed by atoms with Crippen LogP contribution in [0, 0.1) is 0 Å². The third-order valence-electron chi connectivity index (χ3n) is 6.90. The number of hydrogen-bond donors (Lipinski definition) is 1. The van der Waals surface area contributed by atoms with Crippen LogP contribution < -0.4 is 5.62 Å². The van der Waals surface area contributed by atoms with Crippen LogP contribution in [0.1, 0.15) is 105 Å². The largest absolute Gasteiger partial charge is 0.507 e. The van der Waals surface area contributed by atoms with Gasteiger partial charge >= 0.3 is 5.97 Å². The number of ketones is 1. The van der Waals surface area contributed by atoms with Crippen molar-refractivity contribution in [3.63, 3.8) is 0 Å². The van der Waals surface area contributed by atoms with Gasteiger partial charge in [0.25, 0.3) is 0 Å². The minimum Gasteiger partial charge on any atom is -0.507 e. The molecule has 1 heterocycles. The lowest BCUT2D eigenvalue weighted by atomic mass is 9.78. The molecule has 0 aliphatic rings. The van der Waals surface area contributed by atoms with Crippen LogP contribution >= 0.6 is 16.1 Å². The molecule has 1 aromatic heterocycles. The fourth-order valence-electron chi connectivity index (χ4n) is 4.76. The lowest BCUT2D eigenvalue weighted by molar-refractivity contribution is 0.0526. The van der Waals surface area contributed by atoms with Crippen LogP contribution in [0.5, 0.6) is 5.75 Å². The molecule has 1 N–H and O–H groups in total. The molecule has 0 fully saturated rings. The van der Waals surface area contributed by atoms with E-state index in [-0.39, 0.29) is 34.9 Å². The SMILES string of the molecule is CCCc1cn(CC(=O)c2cc(C(C)(C)C)c(O)c(C(C)(C)C)c2)c(=NBr)n1Cc1ccc(C(=O)OCC)cc1. The van der Waals surface area contributed by atoms with E-state index in [0.717, 1.165) is 35.2 Å². The molecule has 0 saturated heterocycles. The predicted molar refractivity (Wildman–Crippen MR) is 162 cm³/mol. The Balaban J connectivity index is 2.01. The van der Waals surface area contributed by atoms with Crippen molar-refractivity contribution < 1.29 is 19.4 Å². The van der Waals surface area contributed by atoms with E-state index < -0.39 is 0 Å². The molecule has 0 unspecified atom stereocenters. The Labute approximate surface area is 246 Å². The number of esters is 1. The summed E-state index contributed by atoms with van der Waals surface area (Å²) in [5.41, 5.74) is 4.62. The van der Waals surface area contributed by atoms with E-state index in [9.17, 15) is 14.7 Å². The highest BCUT2D eigenvalue weighted by atomic mass is 79.9. The zero-order chi connectivity index (χ0) is 29.8. The summed E-state index contributed by atoms with van der Waals surface area (Å²) in [5.74, 6) is -0.143. The molecule has 0 saturated carbocycles. The zero-order valence-electron chi connectivity index (χ0n) is 25.0. The molecule has 0 aliphatic heterocycles. The predicted octanol–water partition coefficient (Wildman–Crippen LogP) is 6.86. The molecule has 0 radical (unpaired) electrons. The first-order valence-electron chi connectivity index (χ1n) is 13.8. The fourth-order valence-corrected chi connectivity index (χ4v) is 5.15. The molecule has 0 amide bonds. The molecule has 0 atom stereocenters. The van der Waals surface area contributed by atoms with Crippen LogP contribution in [-0.4, -0.2) is 32.6 Å². The molecule has 40 heavy (non-hydrogen) atoms. The molecular formula is C32H42BrN3O4. The monoisotopic (exact) mass is 611 g/mol. The quantitative estimate of drug-likeness (QED) is 0.211. The standard InChI is InChI=1S/C32H42BrN3O4/c1-9-11-24-19-35(30(34-33)36(24)18-21-12-14-22(15-13-21)29(39)40-10-2)20-27(37)23-16-25(31(3,4)5)28(38)26(17-23)32(6,7)8/h12-17,19,38H,9-11,18,20H2,1-8H3. The van der Waals surface area contributed by atoms with Gasteiger partial charge in [-0.1, -0.05) is 67.0 Å². The van der Waals surface area contributed by atoms with Crippen LogP contribution in [0.2, 0.25) is 0 Å². The highest BCUT2D eigenvalue weighted by molar-refractivity contribution is 9.08. The number of ether oxygens (including phenoxy) is 1. The molecule has 0 bridgehead atoms. The van der Waals surface area contributed by atoms with E-state index in [0.29, 0.717) is 29.9 Å². The second kappa shape index (κ2) is 12.6. The van der Waals surface area contributed by atoms with Gasteiger partial charge in [0.05, 0.1) is 41.4 Å². The summed E-state index contributed by atoms with van der Waals surface area (Å²) in [7, 11) is 0. The molecule has 8 heteroatoms. The number of hydrogen-bond acceptors (Lipinski definition) is 5. The molecule has 3 rings (SSSR count). The van der Waals surface area contributed by atoms with Crippen LogP contribution in [0.3, 0.4) is 0 Å². The van der Waals surface area contributed by atoms with Crippen molar-refractivity contribution in [3.8, 4) is 5.75 Å². The van der Waals surface area contributed by atoms with Gasteiger partial charge in [0.1, 0.15) is 5.75 Å². The first-order chi connectivity index (χ1) is 18.7. The third-order valence-corrected chi connectivity index (χ3v) is 7.22. The maximum absolute atomic E-state index is 13.7. The summed E-state index contributed by atoms with van der Waals surface area (Å²) in [6, 6.07) is 11.0. The van der Waals surface area contributed by atoms with Gasteiger partial charge in [0.15, 0.2) is 5.78 Å². The van der Waals surface area contributed by atoms with Crippen LogP contribution in [0.25, 0.3) is 0 Å². The Morgan fingerprint density at radius 1 is 0.950 bits per heavy atom. The Morgan fingerprint density at radius 3 is 2.00 bits per heavy atom. The maximum Gasteiger partial charge on any atom is 0.338 e. The second-order valence-electron chi connectivity index (χ2n) is 12.2. The Bertz CT molecular complexity index is 1400. The minimum atomic E-state index is -0.340. The summed E-state index contributed by atoms with van der Waals surface area (Å²) >= 11 is 3.29. The number of aromatic nitrogens is 2. The zero-order valence-corrected chi connectivity index (χ0v) is 26.6. The molecule has 0 spiro atoms. The fraction of sp³-hybridized carbons (Fsp3) is 0.469. The van der Waals surface area contributed by atoms with Gasteiger partial charge in [0.2, 0.25) is 5.62 Å². The van der Waals surface area contributed by atoms with E-state index >= 15 is 0 Å². The first-order valence-corrected chi connectivity index (χ1v) is 14.5. The average Bonchev–Trinajstić information content (AvgIpc) is 3.18. The topological polar surface area (TPSA) is 85.8 Å². The smallest absolute Gasteiger partial charge is 0.338 e. The van der Waals surface area contributed by atoms with Crippen molar-refractivity contribution in [2.45, 2.75) is 92.2 Å². The summed E-state index contributed by atoms with van der Waals surface area (Å²) in [6.07, 6.45) is 3.74. The summed E-state index contributed by atoms with van der Waals surface area (Å²) in [5, 5.41) is 11.1. The third kappa shape index (κ3) is 7.14. The number of halogens is 1. The number of aromatic hydroxyl groups is 1. The molecule has 3 aromatic rings. The summed E-state index contributed by atoms with van der Waals surface area (Å²) < 4.78 is 13.4. The van der Waals surface area contributed by atoms with Crippen LogP contribution in [0.15, 0.2) is 46.6 Å². The highest BCUT2D eigenvalue weighted by Crippen LogP contribution is 2.40. The van der Waals surface area contributed by atoms with E-state index in [1.807, 2.05) is 76.6 Å². The number of benzene rings is 2. The summed E-state index contributed by atoms with van der Waals surface area (Å²) in [4.78, 5) is 25.8. The first kappa shape index (κ1) is 31.4. The number of imidazole rings is 1. The number of nitrogens with zero attached hydrogens (tertiary/aromatic N) is 3. The van der Waals surface area contributed by atoms with E-state index in [1.165, 1.54) is 0 Å². The second-order valence-corrected chi connectivity index (χ2v) is 12.6. The van der Waals surface area contributed by atoms with Gasteiger partial charge < -0.3 is 19.0 Å². The lowest BCUT2D eigenvalue weighted by Crippen LogP contribution is -2.29. The van der Waals surface area contributed by atoms with E-state index in [4.69, 9.17) is 4.74 Å². The van der Waals surface area contributed by atoms with Gasteiger partial charge in [-0.2, -0.15) is 4.02 Å². The van der Waals surface area contributed by atoms with Crippen LogP contribution in [-0.2, 0) is 35.1 Å². The normalized spacial score (nSPS) is 12.6. The Hall–Kier alpha value is -3.13. The van der Waals surface area contributed by atoms with Gasteiger partial charge in [-0.3, -0.25) is 4.79 Å². The summed E-state index contributed by atoms with van der Waals surface area (Å²) in [6.45, 7) is 17.1. The van der Waals surface area contributed by atoms with Crippen LogP contribution in [0.4, 0.5) is 0 Å². The minimum absolute atomic E-state index is 0.0580. The Kier molecular flexibility index (Phi) is 9.88. The highest BCUT2D eigenvalue weighted by Gasteiger charge is 2.28. The lowest BCUT2D eigenvalue weighted by Gasteiger charge is -2.28. The maximum atomic E-state index is 13.7. The van der Waals surface area contributed by atoms with Crippen molar-refractivity contribution >= 4 is 27.9 Å². The molecule has 2 aromatic carbocycles. The number of carbonyl (C=O) groups excluding carboxylic acids is 2. The van der Waals surface area contributed by atoms with Crippen molar-refractivity contribution in [2.24, 2.45) is 4.02 Å². The number of Topliss-reactive ketones (excluding diaryl/α,β-unsaturated/α-hetero) is 1. The van der Waals surface area contributed by atoms with Gasteiger partial charge in [0, 0.05) is 28.6 Å². The van der Waals surface area contributed by atoms with Gasteiger partial charge in [-0.05, 0) is 54.0 Å². The van der Waals surface area contributed by atoms with E-state index in [1.54, 1.807) is 19.1 Å². The molecular weight excluding hydrogens is 570 g/mol. The number of phenols is 1. The molecule has 216 valence electrons. The number of rotatable bonds is 9. The molecule has 7 nitrogen and oxygen atoms in total.